The van der Waals surface area contributed by atoms with Crippen molar-refractivity contribution < 1.29 is 13.7 Å². The van der Waals surface area contributed by atoms with Gasteiger partial charge in [0.15, 0.2) is 5.82 Å². The number of hydrogen-bond donors (Lipinski definition) is 0. The van der Waals surface area contributed by atoms with Crippen LogP contribution in [0.2, 0.25) is 0 Å². The van der Waals surface area contributed by atoms with Crippen LogP contribution >= 0.6 is 15.9 Å². The van der Waals surface area contributed by atoms with Crippen LogP contribution in [0.1, 0.15) is 48.9 Å². The van der Waals surface area contributed by atoms with Crippen LogP contribution in [0.3, 0.4) is 0 Å². The molecule has 2 aliphatic heterocycles. The second-order valence-electron chi connectivity index (χ2n) is 7.40. The Labute approximate surface area is 165 Å². The minimum absolute atomic E-state index is 0.124. The van der Waals surface area contributed by atoms with E-state index in [1.165, 1.54) is 6.07 Å². The predicted molar refractivity (Wildman–Crippen MR) is 101 cm³/mol. The highest BCUT2D eigenvalue weighted by Crippen LogP contribution is 2.31. The van der Waals surface area contributed by atoms with Crippen molar-refractivity contribution in [3.05, 3.63) is 45.8 Å². The average molecular weight is 437 g/mol. The van der Waals surface area contributed by atoms with Gasteiger partial charge in [-0.3, -0.25) is 9.69 Å². The van der Waals surface area contributed by atoms with Crippen LogP contribution in [0.25, 0.3) is 0 Å². The van der Waals surface area contributed by atoms with E-state index in [1.54, 1.807) is 6.92 Å². The van der Waals surface area contributed by atoms with E-state index in [1.807, 2.05) is 17.0 Å². The molecule has 0 saturated carbocycles. The Kier molecular flexibility index (Phi) is 5.27. The number of halogens is 2. The van der Waals surface area contributed by atoms with Crippen LogP contribution in [-0.4, -0.2) is 52.0 Å². The molecule has 2 saturated heterocycles. The number of benzene rings is 1. The van der Waals surface area contributed by atoms with Crippen molar-refractivity contribution in [1.29, 1.82) is 0 Å². The standard InChI is InChI=1S/C19H22BrFN4O2/c1-12(26)25-6-4-13(5-7-25)18-22-19(27-23-18)15-10-24(11-15)9-14-2-3-16(20)8-17(14)21/h2-3,8,13,15H,4-7,9-11H2,1H3. The van der Waals surface area contributed by atoms with Gasteiger partial charge in [-0.15, -0.1) is 0 Å². The van der Waals surface area contributed by atoms with Gasteiger partial charge in [-0.1, -0.05) is 27.2 Å². The molecule has 2 fully saturated rings. The Hall–Kier alpha value is -1.80. The summed E-state index contributed by atoms with van der Waals surface area (Å²) < 4.78 is 20.2. The molecule has 1 aromatic carbocycles. The Morgan fingerprint density at radius 3 is 2.70 bits per heavy atom. The largest absolute Gasteiger partial charge is 0.343 e. The van der Waals surface area contributed by atoms with Crippen LogP contribution < -0.4 is 0 Å². The number of likely N-dealkylation sites (tertiary alicyclic amines) is 2. The van der Waals surface area contributed by atoms with Gasteiger partial charge in [-0.25, -0.2) is 4.39 Å². The van der Waals surface area contributed by atoms with Crippen molar-refractivity contribution in [1.82, 2.24) is 19.9 Å². The zero-order valence-electron chi connectivity index (χ0n) is 15.2. The molecule has 27 heavy (non-hydrogen) atoms. The lowest BCUT2D eigenvalue weighted by Crippen LogP contribution is -2.44. The maximum Gasteiger partial charge on any atom is 0.232 e. The number of carbonyl (C=O) groups is 1. The molecule has 1 amide bonds. The van der Waals surface area contributed by atoms with Crippen molar-refractivity contribution in [2.24, 2.45) is 0 Å². The van der Waals surface area contributed by atoms with Crippen molar-refractivity contribution in [2.45, 2.75) is 38.1 Å². The van der Waals surface area contributed by atoms with Gasteiger partial charge in [0, 0.05) is 55.6 Å². The van der Waals surface area contributed by atoms with E-state index < -0.39 is 0 Å². The Morgan fingerprint density at radius 2 is 2.04 bits per heavy atom. The summed E-state index contributed by atoms with van der Waals surface area (Å²) in [6.07, 6.45) is 1.75. The Morgan fingerprint density at radius 1 is 1.30 bits per heavy atom. The zero-order valence-corrected chi connectivity index (χ0v) is 16.8. The molecule has 0 bridgehead atoms. The van der Waals surface area contributed by atoms with Gasteiger partial charge in [-0.2, -0.15) is 4.98 Å². The number of hydrogen-bond acceptors (Lipinski definition) is 5. The van der Waals surface area contributed by atoms with Gasteiger partial charge in [0.05, 0.1) is 5.92 Å². The Bertz CT molecular complexity index is 829. The maximum absolute atomic E-state index is 14.0. The average Bonchev–Trinajstić information content (AvgIpc) is 3.09. The molecule has 0 N–H and O–H groups in total. The Balaban J connectivity index is 1.30. The number of amides is 1. The molecule has 2 aliphatic rings. The third-order valence-electron chi connectivity index (χ3n) is 5.48. The quantitative estimate of drug-likeness (QED) is 0.735. The number of rotatable bonds is 4. The van der Waals surface area contributed by atoms with Gasteiger partial charge in [0.25, 0.3) is 0 Å². The molecule has 4 rings (SSSR count). The summed E-state index contributed by atoms with van der Waals surface area (Å²) in [5.41, 5.74) is 0.695. The van der Waals surface area contributed by atoms with Crippen molar-refractivity contribution >= 4 is 21.8 Å². The summed E-state index contributed by atoms with van der Waals surface area (Å²) in [6.45, 7) is 5.27. The number of nitrogens with zero attached hydrogens (tertiary/aromatic N) is 4. The van der Waals surface area contributed by atoms with E-state index in [0.717, 1.165) is 49.3 Å². The van der Waals surface area contributed by atoms with E-state index in [-0.39, 0.29) is 23.6 Å². The zero-order chi connectivity index (χ0) is 19.0. The van der Waals surface area contributed by atoms with E-state index in [9.17, 15) is 9.18 Å². The first-order chi connectivity index (χ1) is 13.0. The topological polar surface area (TPSA) is 62.5 Å². The summed E-state index contributed by atoms with van der Waals surface area (Å²) in [6, 6.07) is 5.16. The molecule has 0 atom stereocenters. The third kappa shape index (κ3) is 4.06. The number of carbonyl (C=O) groups excluding carboxylic acids is 1. The van der Waals surface area contributed by atoms with Crippen molar-refractivity contribution in [2.75, 3.05) is 26.2 Å². The van der Waals surface area contributed by atoms with Crippen LogP contribution in [0.15, 0.2) is 27.2 Å². The summed E-state index contributed by atoms with van der Waals surface area (Å²) >= 11 is 3.28. The van der Waals surface area contributed by atoms with Gasteiger partial charge >= 0.3 is 0 Å². The van der Waals surface area contributed by atoms with Crippen LogP contribution in [0.5, 0.6) is 0 Å². The molecule has 0 spiro atoms. The third-order valence-corrected chi connectivity index (χ3v) is 5.97. The molecule has 0 radical (unpaired) electrons. The molecule has 8 heteroatoms. The molecule has 2 aromatic rings. The summed E-state index contributed by atoms with van der Waals surface area (Å²) in [5.74, 6) is 1.83. The highest BCUT2D eigenvalue weighted by molar-refractivity contribution is 9.10. The first-order valence-corrected chi connectivity index (χ1v) is 10.0. The van der Waals surface area contributed by atoms with E-state index in [4.69, 9.17) is 4.52 Å². The minimum atomic E-state index is -0.190. The minimum Gasteiger partial charge on any atom is -0.343 e. The molecular formula is C19H22BrFN4O2. The fourth-order valence-electron chi connectivity index (χ4n) is 3.78. The fraction of sp³-hybridized carbons (Fsp3) is 0.526. The van der Waals surface area contributed by atoms with Crippen molar-refractivity contribution in [3.8, 4) is 0 Å². The molecular weight excluding hydrogens is 415 g/mol. The summed E-state index contributed by atoms with van der Waals surface area (Å²) in [4.78, 5) is 20.1. The van der Waals surface area contributed by atoms with Crippen LogP contribution in [0.4, 0.5) is 4.39 Å². The highest BCUT2D eigenvalue weighted by Gasteiger charge is 2.34. The highest BCUT2D eigenvalue weighted by atomic mass is 79.9. The molecule has 0 unspecified atom stereocenters. The van der Waals surface area contributed by atoms with Crippen molar-refractivity contribution in [3.63, 3.8) is 0 Å². The number of piperidine rings is 1. The predicted octanol–water partition coefficient (Wildman–Crippen LogP) is 3.30. The van der Waals surface area contributed by atoms with E-state index in [0.29, 0.717) is 18.0 Å². The lowest BCUT2D eigenvalue weighted by atomic mass is 9.95. The van der Waals surface area contributed by atoms with Crippen LogP contribution in [-0.2, 0) is 11.3 Å². The molecule has 3 heterocycles. The monoisotopic (exact) mass is 436 g/mol. The molecule has 6 nitrogen and oxygen atoms in total. The van der Waals surface area contributed by atoms with E-state index in [2.05, 4.69) is 31.0 Å². The fourth-order valence-corrected chi connectivity index (χ4v) is 4.11. The second-order valence-corrected chi connectivity index (χ2v) is 8.31. The molecule has 144 valence electrons. The normalized spacial score (nSPS) is 19.3. The maximum atomic E-state index is 14.0. The van der Waals surface area contributed by atoms with Gasteiger partial charge in [0.2, 0.25) is 11.8 Å². The lowest BCUT2D eigenvalue weighted by Gasteiger charge is -2.37. The number of aromatic nitrogens is 2. The van der Waals surface area contributed by atoms with Crippen LogP contribution in [0, 0.1) is 5.82 Å². The second kappa shape index (κ2) is 7.67. The summed E-state index contributed by atoms with van der Waals surface area (Å²) in [5, 5.41) is 4.17. The lowest BCUT2D eigenvalue weighted by molar-refractivity contribution is -0.129. The van der Waals surface area contributed by atoms with Gasteiger partial charge in [0.1, 0.15) is 5.82 Å². The van der Waals surface area contributed by atoms with Gasteiger partial charge in [-0.05, 0) is 25.0 Å². The first-order valence-electron chi connectivity index (χ1n) is 9.25. The SMILES string of the molecule is CC(=O)N1CCC(c2noc(C3CN(Cc4ccc(Br)cc4F)C3)n2)CC1. The first kappa shape index (κ1) is 18.6. The molecule has 0 aliphatic carbocycles. The molecule has 1 aromatic heterocycles. The van der Waals surface area contributed by atoms with E-state index >= 15 is 0 Å². The smallest absolute Gasteiger partial charge is 0.232 e. The summed E-state index contributed by atoms with van der Waals surface area (Å²) in [7, 11) is 0. The van der Waals surface area contributed by atoms with Gasteiger partial charge < -0.3 is 9.42 Å².